The summed E-state index contributed by atoms with van der Waals surface area (Å²) in [5, 5.41) is 10.3. The van der Waals surface area contributed by atoms with Gasteiger partial charge in [0.15, 0.2) is 5.78 Å². The Morgan fingerprint density at radius 1 is 1.10 bits per heavy atom. The first-order valence-electron chi connectivity index (χ1n) is 9.30. The molecule has 4 rings (SSSR count). The Morgan fingerprint density at radius 2 is 1.79 bits per heavy atom. The molecule has 2 aromatic carbocycles. The van der Waals surface area contributed by atoms with Crippen LogP contribution in [0.15, 0.2) is 54.6 Å². The molecule has 2 N–H and O–H groups in total. The van der Waals surface area contributed by atoms with Gasteiger partial charge in [0.2, 0.25) is 11.8 Å². The fourth-order valence-electron chi connectivity index (χ4n) is 3.43. The van der Waals surface area contributed by atoms with Crippen molar-refractivity contribution < 1.29 is 14.4 Å². The molecule has 7 heteroatoms. The lowest BCUT2D eigenvalue weighted by atomic mass is 10.1. The van der Waals surface area contributed by atoms with Gasteiger partial charge in [-0.2, -0.15) is 5.10 Å². The SMILES string of the molecule is CC(=O)c1ccc(NC(=O)[C@H]2CC(=O)Nc3c(C)c(-c4ccccc4)nn32)cc1. The van der Waals surface area contributed by atoms with E-state index >= 15 is 0 Å². The van der Waals surface area contributed by atoms with Crippen molar-refractivity contribution in [3.63, 3.8) is 0 Å². The van der Waals surface area contributed by atoms with Crippen molar-refractivity contribution in [2.45, 2.75) is 26.3 Å². The summed E-state index contributed by atoms with van der Waals surface area (Å²) >= 11 is 0. The largest absolute Gasteiger partial charge is 0.324 e. The highest BCUT2D eigenvalue weighted by Gasteiger charge is 2.34. The number of Topliss-reactive ketones (excluding diaryl/α,β-unsaturated/α-hetero) is 1. The topological polar surface area (TPSA) is 93.1 Å². The van der Waals surface area contributed by atoms with Crippen LogP contribution >= 0.6 is 0 Å². The van der Waals surface area contributed by atoms with Crippen molar-refractivity contribution in [3.8, 4) is 11.3 Å². The van der Waals surface area contributed by atoms with Gasteiger partial charge in [0.25, 0.3) is 0 Å². The molecule has 0 radical (unpaired) electrons. The summed E-state index contributed by atoms with van der Waals surface area (Å²) in [5.74, 6) is -0.0740. The van der Waals surface area contributed by atoms with Gasteiger partial charge in [0.05, 0.1) is 12.1 Å². The molecule has 2 amide bonds. The summed E-state index contributed by atoms with van der Waals surface area (Å²) in [6.45, 7) is 3.36. The van der Waals surface area contributed by atoms with E-state index in [1.54, 1.807) is 28.9 Å². The zero-order chi connectivity index (χ0) is 20.5. The molecule has 0 bridgehead atoms. The predicted octanol–water partition coefficient (Wildman–Crippen LogP) is 3.58. The van der Waals surface area contributed by atoms with E-state index in [-0.39, 0.29) is 24.0 Å². The number of carbonyl (C=O) groups is 3. The lowest BCUT2D eigenvalue weighted by molar-refractivity contribution is -0.125. The number of ketones is 1. The lowest BCUT2D eigenvalue weighted by Crippen LogP contribution is -2.35. The Bertz CT molecular complexity index is 1100. The number of aromatic nitrogens is 2. The van der Waals surface area contributed by atoms with Crippen LogP contribution in [0.2, 0.25) is 0 Å². The Hall–Kier alpha value is -3.74. The second kappa shape index (κ2) is 7.35. The number of hydrogen-bond donors (Lipinski definition) is 2. The third kappa shape index (κ3) is 3.54. The quantitative estimate of drug-likeness (QED) is 0.668. The first-order chi connectivity index (χ1) is 13.9. The van der Waals surface area contributed by atoms with Gasteiger partial charge in [-0.05, 0) is 38.1 Å². The maximum absolute atomic E-state index is 12.9. The zero-order valence-electron chi connectivity index (χ0n) is 16.1. The molecule has 7 nitrogen and oxygen atoms in total. The Kier molecular flexibility index (Phi) is 4.72. The van der Waals surface area contributed by atoms with Gasteiger partial charge >= 0.3 is 0 Å². The predicted molar refractivity (Wildman–Crippen MR) is 110 cm³/mol. The average Bonchev–Trinajstić information content (AvgIpc) is 3.05. The number of benzene rings is 2. The molecule has 1 atom stereocenters. The van der Waals surface area contributed by atoms with Crippen molar-refractivity contribution in [3.05, 3.63) is 65.7 Å². The van der Waals surface area contributed by atoms with E-state index < -0.39 is 6.04 Å². The van der Waals surface area contributed by atoms with Gasteiger partial charge in [-0.15, -0.1) is 0 Å². The molecule has 3 aromatic rings. The Morgan fingerprint density at radius 3 is 2.45 bits per heavy atom. The number of anilines is 2. The molecular formula is C22H20N4O3. The maximum Gasteiger partial charge on any atom is 0.249 e. The number of hydrogen-bond acceptors (Lipinski definition) is 4. The molecule has 1 aliphatic heterocycles. The van der Waals surface area contributed by atoms with E-state index in [4.69, 9.17) is 0 Å². The Balaban J connectivity index is 1.64. The zero-order valence-corrected chi connectivity index (χ0v) is 16.1. The summed E-state index contributed by atoms with van der Waals surface area (Å²) in [6.07, 6.45) is -0.000285. The number of carbonyl (C=O) groups excluding carboxylic acids is 3. The van der Waals surface area contributed by atoms with Crippen molar-refractivity contribution >= 4 is 29.1 Å². The molecule has 1 aromatic heterocycles. The second-order valence-electron chi connectivity index (χ2n) is 7.02. The lowest BCUT2D eigenvalue weighted by Gasteiger charge is -2.24. The van der Waals surface area contributed by atoms with Crippen molar-refractivity contribution in [1.29, 1.82) is 0 Å². The molecule has 0 unspecified atom stereocenters. The summed E-state index contributed by atoms with van der Waals surface area (Å²) in [5.41, 5.74) is 3.58. The van der Waals surface area contributed by atoms with E-state index in [0.29, 0.717) is 17.1 Å². The summed E-state index contributed by atoms with van der Waals surface area (Å²) in [6, 6.07) is 15.5. The van der Waals surface area contributed by atoms with Gasteiger partial charge in [-0.25, -0.2) is 4.68 Å². The van der Waals surface area contributed by atoms with Crippen molar-refractivity contribution in [2.75, 3.05) is 10.6 Å². The van der Waals surface area contributed by atoms with Crippen molar-refractivity contribution in [1.82, 2.24) is 9.78 Å². The maximum atomic E-state index is 12.9. The average molecular weight is 388 g/mol. The first-order valence-corrected chi connectivity index (χ1v) is 9.30. The minimum Gasteiger partial charge on any atom is -0.324 e. The van der Waals surface area contributed by atoms with Crippen LogP contribution in [0.1, 0.15) is 35.3 Å². The molecule has 1 aliphatic rings. The number of amides is 2. The normalized spacial score (nSPS) is 15.4. The van der Waals surface area contributed by atoms with Crippen LogP contribution in [0.5, 0.6) is 0 Å². The van der Waals surface area contributed by atoms with Crippen LogP contribution in [0.25, 0.3) is 11.3 Å². The Labute approximate surface area is 167 Å². The second-order valence-corrected chi connectivity index (χ2v) is 7.02. The number of rotatable bonds is 4. The molecule has 0 fully saturated rings. The summed E-state index contributed by atoms with van der Waals surface area (Å²) in [7, 11) is 0. The fraction of sp³-hybridized carbons (Fsp3) is 0.182. The number of nitrogens with zero attached hydrogens (tertiary/aromatic N) is 2. The highest BCUT2D eigenvalue weighted by atomic mass is 16.2. The molecule has 29 heavy (non-hydrogen) atoms. The molecule has 0 saturated carbocycles. The van der Waals surface area contributed by atoms with E-state index in [1.807, 2.05) is 37.3 Å². The van der Waals surface area contributed by atoms with Crippen molar-refractivity contribution in [2.24, 2.45) is 0 Å². The number of nitrogens with one attached hydrogen (secondary N) is 2. The van der Waals surface area contributed by atoms with E-state index in [1.165, 1.54) is 6.92 Å². The van der Waals surface area contributed by atoms with E-state index in [0.717, 1.165) is 16.8 Å². The molecule has 0 saturated heterocycles. The van der Waals surface area contributed by atoms with Crippen LogP contribution in [0.3, 0.4) is 0 Å². The molecule has 0 spiro atoms. The van der Waals surface area contributed by atoms with Crippen LogP contribution in [-0.4, -0.2) is 27.4 Å². The van der Waals surface area contributed by atoms with Gasteiger partial charge in [0.1, 0.15) is 11.9 Å². The monoisotopic (exact) mass is 388 g/mol. The van der Waals surface area contributed by atoms with Gasteiger partial charge < -0.3 is 10.6 Å². The standard InChI is InChI=1S/C22H20N4O3/c1-13-20(16-6-4-3-5-7-16)25-26-18(12-19(28)24-21(13)26)22(29)23-17-10-8-15(9-11-17)14(2)27/h3-11,18H,12H2,1-2H3,(H,23,29)(H,24,28)/t18-/m1/s1. The highest BCUT2D eigenvalue weighted by molar-refractivity contribution is 6.02. The summed E-state index contributed by atoms with van der Waals surface area (Å²) < 4.78 is 1.58. The van der Waals surface area contributed by atoms with Crippen LogP contribution in [-0.2, 0) is 9.59 Å². The fourth-order valence-corrected chi connectivity index (χ4v) is 3.43. The summed E-state index contributed by atoms with van der Waals surface area (Å²) in [4.78, 5) is 36.6. The first kappa shape index (κ1) is 18.6. The molecule has 2 heterocycles. The van der Waals surface area contributed by atoms with Crippen LogP contribution in [0.4, 0.5) is 11.5 Å². The number of fused-ring (bicyclic) bond motifs is 1. The van der Waals surface area contributed by atoms with E-state index in [2.05, 4.69) is 15.7 Å². The highest BCUT2D eigenvalue weighted by Crippen LogP contribution is 2.34. The third-order valence-electron chi connectivity index (χ3n) is 4.99. The van der Waals surface area contributed by atoms with Gasteiger partial charge in [-0.1, -0.05) is 30.3 Å². The van der Waals surface area contributed by atoms with Crippen LogP contribution in [0, 0.1) is 6.92 Å². The third-order valence-corrected chi connectivity index (χ3v) is 4.99. The molecular weight excluding hydrogens is 368 g/mol. The van der Waals surface area contributed by atoms with E-state index in [9.17, 15) is 14.4 Å². The van der Waals surface area contributed by atoms with Crippen LogP contribution < -0.4 is 10.6 Å². The smallest absolute Gasteiger partial charge is 0.249 e. The van der Waals surface area contributed by atoms with Gasteiger partial charge in [-0.3, -0.25) is 14.4 Å². The molecule has 146 valence electrons. The van der Waals surface area contributed by atoms with Gasteiger partial charge in [0, 0.05) is 22.4 Å². The minimum atomic E-state index is -0.762. The minimum absolute atomic E-state index is 0.000285. The molecule has 0 aliphatic carbocycles.